The molecule has 0 aliphatic carbocycles. The van der Waals surface area contributed by atoms with Crippen molar-refractivity contribution in [2.75, 3.05) is 0 Å². The first-order chi connectivity index (χ1) is 9.36. The lowest BCUT2D eigenvalue weighted by Gasteiger charge is -2.08. The van der Waals surface area contributed by atoms with Crippen molar-refractivity contribution in [3.8, 4) is 17.0 Å². The number of aromatic nitrogens is 1. The molecule has 0 unspecified atom stereocenters. The maximum absolute atomic E-state index is 12.4. The molecule has 0 radical (unpaired) electrons. The van der Waals surface area contributed by atoms with Crippen molar-refractivity contribution in [1.29, 1.82) is 0 Å². The van der Waals surface area contributed by atoms with E-state index in [2.05, 4.69) is 9.72 Å². The fraction of sp³-hybridized carbons (Fsp3) is 0.154. The van der Waals surface area contributed by atoms with Gasteiger partial charge in [0.2, 0.25) is 5.88 Å². The quantitative estimate of drug-likeness (QED) is 0.783. The Morgan fingerprint density at radius 3 is 1.95 bits per heavy atom. The minimum Gasteiger partial charge on any atom is -0.417 e. The Kier molecular flexibility index (Phi) is 3.87. The van der Waals surface area contributed by atoms with Gasteiger partial charge in [-0.3, -0.25) is 0 Å². The number of hydrogen-bond acceptors (Lipinski definition) is 2. The van der Waals surface area contributed by atoms with Crippen LogP contribution in [0.25, 0.3) is 11.1 Å². The minimum atomic E-state index is -4.40. The predicted octanol–water partition coefficient (Wildman–Crippen LogP) is 4.37. The van der Waals surface area contributed by atoms with E-state index >= 15 is 0 Å². The van der Waals surface area contributed by atoms with Gasteiger partial charge >= 0.3 is 12.8 Å². The molecule has 2 aromatic rings. The molecule has 0 fully saturated rings. The van der Waals surface area contributed by atoms with Gasteiger partial charge in [0.25, 0.3) is 0 Å². The molecule has 2 rings (SSSR count). The third-order valence-electron chi connectivity index (χ3n) is 2.49. The highest BCUT2D eigenvalue weighted by molar-refractivity contribution is 5.63. The first kappa shape index (κ1) is 14.2. The predicted molar refractivity (Wildman–Crippen MR) is 61.3 cm³/mol. The molecule has 0 atom stereocenters. The van der Waals surface area contributed by atoms with Gasteiger partial charge in [0, 0.05) is 17.8 Å². The number of pyridine rings is 1. The minimum absolute atomic E-state index is 0.254. The zero-order valence-electron chi connectivity index (χ0n) is 9.86. The van der Waals surface area contributed by atoms with Crippen molar-refractivity contribution in [2.24, 2.45) is 0 Å². The Balaban J connectivity index is 2.19. The van der Waals surface area contributed by atoms with Crippen LogP contribution in [0.1, 0.15) is 5.56 Å². The summed E-state index contributed by atoms with van der Waals surface area (Å²) in [5.41, 5.74) is 0.237. The molecule has 0 saturated heterocycles. The molecule has 0 aliphatic rings. The number of benzene rings is 1. The number of ether oxygens (including phenoxy) is 1. The Morgan fingerprint density at radius 1 is 0.900 bits per heavy atom. The van der Waals surface area contributed by atoms with Crippen LogP contribution in [0.4, 0.5) is 22.0 Å². The monoisotopic (exact) mass is 289 g/mol. The summed E-state index contributed by atoms with van der Waals surface area (Å²) in [4.78, 5) is 3.64. The van der Waals surface area contributed by atoms with Crippen LogP contribution < -0.4 is 4.74 Å². The van der Waals surface area contributed by atoms with Crippen molar-refractivity contribution in [2.45, 2.75) is 12.8 Å². The van der Waals surface area contributed by atoms with Crippen molar-refractivity contribution in [3.05, 3.63) is 48.2 Å². The molecule has 0 aliphatic heterocycles. The molecule has 20 heavy (non-hydrogen) atoms. The van der Waals surface area contributed by atoms with Crippen LogP contribution in [-0.4, -0.2) is 11.6 Å². The van der Waals surface area contributed by atoms with Crippen LogP contribution in [0.5, 0.6) is 5.88 Å². The summed E-state index contributed by atoms with van der Waals surface area (Å²) >= 11 is 0. The van der Waals surface area contributed by atoms with E-state index in [1.54, 1.807) is 0 Å². The van der Waals surface area contributed by atoms with Gasteiger partial charge in [0.1, 0.15) is 0 Å². The normalized spacial score (nSPS) is 11.7. The van der Waals surface area contributed by atoms with E-state index in [-0.39, 0.29) is 5.88 Å². The second-order valence-electron chi connectivity index (χ2n) is 3.84. The average molecular weight is 289 g/mol. The van der Waals surface area contributed by atoms with Crippen molar-refractivity contribution in [3.63, 3.8) is 0 Å². The summed E-state index contributed by atoms with van der Waals surface area (Å²) in [7, 11) is 0. The van der Waals surface area contributed by atoms with Crippen LogP contribution in [0.2, 0.25) is 0 Å². The largest absolute Gasteiger partial charge is 0.417 e. The second-order valence-corrected chi connectivity index (χ2v) is 3.84. The Morgan fingerprint density at radius 2 is 1.50 bits per heavy atom. The number of halogens is 5. The molecule has 0 bridgehead atoms. The lowest BCUT2D eigenvalue weighted by Crippen LogP contribution is -2.04. The van der Waals surface area contributed by atoms with Gasteiger partial charge in [-0.1, -0.05) is 12.1 Å². The van der Waals surface area contributed by atoms with E-state index in [9.17, 15) is 22.0 Å². The first-order valence-electron chi connectivity index (χ1n) is 5.45. The third-order valence-corrected chi connectivity index (χ3v) is 2.49. The maximum Gasteiger partial charge on any atom is 0.416 e. The summed E-state index contributed by atoms with van der Waals surface area (Å²) in [5.74, 6) is -0.254. The molecule has 106 valence electrons. The van der Waals surface area contributed by atoms with Gasteiger partial charge in [0.05, 0.1) is 5.56 Å². The zero-order valence-corrected chi connectivity index (χ0v) is 9.86. The number of nitrogens with zero attached hydrogens (tertiary/aromatic N) is 1. The number of hydrogen-bond donors (Lipinski definition) is 0. The summed E-state index contributed by atoms with van der Waals surface area (Å²) in [6, 6.07) is 7.12. The van der Waals surface area contributed by atoms with Crippen LogP contribution in [0, 0.1) is 0 Å². The Labute approximate surface area is 110 Å². The maximum atomic E-state index is 12.4. The van der Waals surface area contributed by atoms with Crippen LogP contribution >= 0.6 is 0 Å². The molecule has 0 amide bonds. The van der Waals surface area contributed by atoms with Gasteiger partial charge in [0.15, 0.2) is 0 Å². The lowest BCUT2D eigenvalue weighted by atomic mass is 10.1. The topological polar surface area (TPSA) is 22.1 Å². The molecular weight excluding hydrogens is 281 g/mol. The highest BCUT2D eigenvalue weighted by atomic mass is 19.4. The SMILES string of the molecule is FC(F)Oc1ccc(-c2ccc(C(F)(F)F)cc2)cn1. The van der Waals surface area contributed by atoms with E-state index in [4.69, 9.17) is 0 Å². The molecule has 0 N–H and O–H groups in total. The van der Waals surface area contributed by atoms with E-state index in [1.807, 2.05) is 0 Å². The second kappa shape index (κ2) is 5.44. The smallest absolute Gasteiger partial charge is 0.416 e. The average Bonchev–Trinajstić information content (AvgIpc) is 2.38. The summed E-state index contributed by atoms with van der Waals surface area (Å²) in [6.45, 7) is -2.97. The Bertz CT molecular complexity index is 563. The standard InChI is InChI=1S/C13H8F5NO/c14-12(15)20-11-6-3-9(7-19-11)8-1-4-10(5-2-8)13(16,17)18/h1-7,12H. The summed E-state index contributed by atoms with van der Waals surface area (Å²) in [5, 5.41) is 0. The number of alkyl halides is 5. The van der Waals surface area contributed by atoms with Crippen LogP contribution in [0.3, 0.4) is 0 Å². The van der Waals surface area contributed by atoms with E-state index in [0.29, 0.717) is 11.1 Å². The zero-order chi connectivity index (χ0) is 14.8. The number of rotatable bonds is 3. The van der Waals surface area contributed by atoms with Crippen molar-refractivity contribution < 1.29 is 26.7 Å². The van der Waals surface area contributed by atoms with E-state index in [0.717, 1.165) is 12.1 Å². The van der Waals surface area contributed by atoms with Gasteiger partial charge in [-0.2, -0.15) is 22.0 Å². The molecule has 0 spiro atoms. The first-order valence-corrected chi connectivity index (χ1v) is 5.45. The van der Waals surface area contributed by atoms with Gasteiger partial charge in [-0.25, -0.2) is 4.98 Å². The van der Waals surface area contributed by atoms with Gasteiger partial charge < -0.3 is 4.74 Å². The van der Waals surface area contributed by atoms with E-state index in [1.165, 1.54) is 30.5 Å². The fourth-order valence-corrected chi connectivity index (χ4v) is 1.56. The molecule has 2 nitrogen and oxygen atoms in total. The van der Waals surface area contributed by atoms with Gasteiger partial charge in [-0.15, -0.1) is 0 Å². The van der Waals surface area contributed by atoms with Crippen LogP contribution in [-0.2, 0) is 6.18 Å². The molecule has 0 saturated carbocycles. The molecule has 1 aromatic heterocycles. The Hall–Kier alpha value is -2.18. The highest BCUT2D eigenvalue weighted by Crippen LogP contribution is 2.31. The fourth-order valence-electron chi connectivity index (χ4n) is 1.56. The van der Waals surface area contributed by atoms with Crippen molar-refractivity contribution in [1.82, 2.24) is 4.98 Å². The molecule has 1 heterocycles. The molecule has 1 aromatic carbocycles. The summed E-state index contributed by atoms with van der Waals surface area (Å²) in [6.07, 6.45) is -3.15. The highest BCUT2D eigenvalue weighted by Gasteiger charge is 2.29. The molecular formula is C13H8F5NO. The van der Waals surface area contributed by atoms with Crippen molar-refractivity contribution >= 4 is 0 Å². The lowest BCUT2D eigenvalue weighted by molar-refractivity contribution is -0.137. The van der Waals surface area contributed by atoms with Crippen LogP contribution in [0.15, 0.2) is 42.6 Å². The van der Waals surface area contributed by atoms with Gasteiger partial charge in [-0.05, 0) is 23.8 Å². The summed E-state index contributed by atoms with van der Waals surface area (Å²) < 4.78 is 65.1. The third kappa shape index (κ3) is 3.43. The van der Waals surface area contributed by atoms with E-state index < -0.39 is 18.4 Å². The molecule has 7 heteroatoms.